The number of hydrogen-bond acceptors (Lipinski definition) is 2. The van der Waals surface area contributed by atoms with E-state index in [0.29, 0.717) is 0 Å². The second-order valence-corrected chi connectivity index (χ2v) is 4.09. The van der Waals surface area contributed by atoms with Crippen LogP contribution in [0, 0.1) is 0 Å². The van der Waals surface area contributed by atoms with E-state index in [9.17, 15) is 0 Å². The minimum Gasteiger partial charge on any atom is -0.313 e. The predicted octanol–water partition coefficient (Wildman–Crippen LogP) is 2.78. The SMILES string of the molecule is CCNCc1ccccc1Cc1cccnc1. The molecule has 2 rings (SSSR count). The van der Waals surface area contributed by atoms with E-state index in [1.54, 1.807) is 0 Å². The van der Waals surface area contributed by atoms with Gasteiger partial charge in [0.25, 0.3) is 0 Å². The Balaban J connectivity index is 2.15. The van der Waals surface area contributed by atoms with Crippen LogP contribution < -0.4 is 5.32 Å². The Labute approximate surface area is 103 Å². The Morgan fingerprint density at radius 3 is 2.59 bits per heavy atom. The summed E-state index contributed by atoms with van der Waals surface area (Å²) in [5.41, 5.74) is 4.01. The smallest absolute Gasteiger partial charge is 0.0303 e. The van der Waals surface area contributed by atoms with Gasteiger partial charge in [-0.25, -0.2) is 0 Å². The summed E-state index contributed by atoms with van der Waals surface area (Å²) in [6.45, 7) is 4.07. The fraction of sp³-hybridized carbons (Fsp3) is 0.267. The minimum atomic E-state index is 0.937. The second kappa shape index (κ2) is 6.16. The van der Waals surface area contributed by atoms with Crippen LogP contribution in [0.4, 0.5) is 0 Å². The lowest BCUT2D eigenvalue weighted by molar-refractivity contribution is 0.721. The number of nitrogens with zero attached hydrogens (tertiary/aromatic N) is 1. The van der Waals surface area contributed by atoms with Crippen molar-refractivity contribution in [1.29, 1.82) is 0 Å². The predicted molar refractivity (Wildman–Crippen MR) is 70.9 cm³/mol. The molecule has 1 aromatic heterocycles. The summed E-state index contributed by atoms with van der Waals surface area (Å²) in [5.74, 6) is 0. The van der Waals surface area contributed by atoms with Crippen LogP contribution >= 0.6 is 0 Å². The van der Waals surface area contributed by atoms with E-state index in [4.69, 9.17) is 0 Å². The van der Waals surface area contributed by atoms with Gasteiger partial charge >= 0.3 is 0 Å². The molecule has 17 heavy (non-hydrogen) atoms. The van der Waals surface area contributed by atoms with Gasteiger partial charge in [0.2, 0.25) is 0 Å². The van der Waals surface area contributed by atoms with E-state index in [2.05, 4.69) is 47.6 Å². The van der Waals surface area contributed by atoms with Crippen LogP contribution in [0.5, 0.6) is 0 Å². The van der Waals surface area contributed by atoms with Crippen molar-refractivity contribution in [1.82, 2.24) is 10.3 Å². The maximum atomic E-state index is 4.16. The van der Waals surface area contributed by atoms with Crippen molar-refractivity contribution in [2.24, 2.45) is 0 Å². The third kappa shape index (κ3) is 3.40. The number of pyridine rings is 1. The zero-order chi connectivity index (χ0) is 11.9. The molecule has 0 aliphatic rings. The topological polar surface area (TPSA) is 24.9 Å². The van der Waals surface area contributed by atoms with E-state index in [1.165, 1.54) is 16.7 Å². The average Bonchev–Trinajstić information content (AvgIpc) is 2.39. The first kappa shape index (κ1) is 11.8. The highest BCUT2D eigenvalue weighted by molar-refractivity contribution is 5.31. The van der Waals surface area contributed by atoms with Crippen molar-refractivity contribution in [2.75, 3.05) is 6.54 Å². The number of aromatic nitrogens is 1. The third-order valence-electron chi connectivity index (χ3n) is 2.80. The lowest BCUT2D eigenvalue weighted by atomic mass is 10.0. The van der Waals surface area contributed by atoms with Crippen LogP contribution in [-0.4, -0.2) is 11.5 Å². The minimum absolute atomic E-state index is 0.937. The van der Waals surface area contributed by atoms with Crippen LogP contribution in [0.25, 0.3) is 0 Å². The first-order valence-corrected chi connectivity index (χ1v) is 6.06. The molecular formula is C15H18N2. The van der Waals surface area contributed by atoms with Gasteiger partial charge in [-0.05, 0) is 35.7 Å². The lowest BCUT2D eigenvalue weighted by Crippen LogP contribution is -2.13. The Morgan fingerprint density at radius 1 is 1.06 bits per heavy atom. The summed E-state index contributed by atoms with van der Waals surface area (Å²) in [7, 11) is 0. The summed E-state index contributed by atoms with van der Waals surface area (Å²) in [4.78, 5) is 4.16. The van der Waals surface area contributed by atoms with Crippen LogP contribution in [0.2, 0.25) is 0 Å². The molecule has 88 valence electrons. The molecule has 0 saturated heterocycles. The molecule has 0 aliphatic carbocycles. The molecule has 2 heteroatoms. The second-order valence-electron chi connectivity index (χ2n) is 4.09. The maximum absolute atomic E-state index is 4.16. The first-order chi connectivity index (χ1) is 8.40. The molecular weight excluding hydrogens is 208 g/mol. The molecule has 0 radical (unpaired) electrons. The van der Waals surface area contributed by atoms with E-state index < -0.39 is 0 Å². The number of benzene rings is 1. The van der Waals surface area contributed by atoms with Crippen molar-refractivity contribution < 1.29 is 0 Å². The highest BCUT2D eigenvalue weighted by Gasteiger charge is 2.02. The molecule has 2 nitrogen and oxygen atoms in total. The van der Waals surface area contributed by atoms with Crippen molar-refractivity contribution in [2.45, 2.75) is 19.9 Å². The Bertz CT molecular complexity index is 451. The number of rotatable bonds is 5. The molecule has 0 bridgehead atoms. The molecule has 0 atom stereocenters. The molecule has 1 N–H and O–H groups in total. The third-order valence-corrected chi connectivity index (χ3v) is 2.80. The van der Waals surface area contributed by atoms with Crippen molar-refractivity contribution in [3.63, 3.8) is 0 Å². The van der Waals surface area contributed by atoms with Gasteiger partial charge in [-0.15, -0.1) is 0 Å². The normalized spacial score (nSPS) is 10.4. The van der Waals surface area contributed by atoms with Crippen LogP contribution in [-0.2, 0) is 13.0 Å². The van der Waals surface area contributed by atoms with Crippen molar-refractivity contribution in [3.05, 3.63) is 65.5 Å². The van der Waals surface area contributed by atoms with Crippen LogP contribution in [0.3, 0.4) is 0 Å². The highest BCUT2D eigenvalue weighted by atomic mass is 14.8. The Hall–Kier alpha value is -1.67. The number of nitrogens with one attached hydrogen (secondary N) is 1. The van der Waals surface area contributed by atoms with Gasteiger partial charge in [-0.3, -0.25) is 4.98 Å². The molecule has 0 unspecified atom stereocenters. The highest BCUT2D eigenvalue weighted by Crippen LogP contribution is 2.13. The molecule has 0 fully saturated rings. The van der Waals surface area contributed by atoms with Gasteiger partial charge in [-0.1, -0.05) is 37.3 Å². The summed E-state index contributed by atoms with van der Waals surface area (Å²) in [6.07, 6.45) is 4.70. The standard InChI is InChI=1S/C15H18N2/c1-2-16-12-15-8-4-3-7-14(15)10-13-6-5-9-17-11-13/h3-9,11,16H,2,10,12H2,1H3. The molecule has 0 spiro atoms. The van der Waals surface area contributed by atoms with E-state index >= 15 is 0 Å². The van der Waals surface area contributed by atoms with Gasteiger partial charge in [0.15, 0.2) is 0 Å². The summed E-state index contributed by atoms with van der Waals surface area (Å²) < 4.78 is 0. The Morgan fingerprint density at radius 2 is 1.88 bits per heavy atom. The lowest BCUT2D eigenvalue weighted by Gasteiger charge is -2.09. The quantitative estimate of drug-likeness (QED) is 0.848. The van der Waals surface area contributed by atoms with E-state index in [1.807, 2.05) is 18.5 Å². The van der Waals surface area contributed by atoms with Crippen LogP contribution in [0.15, 0.2) is 48.8 Å². The average molecular weight is 226 g/mol. The fourth-order valence-electron chi connectivity index (χ4n) is 1.88. The fourth-order valence-corrected chi connectivity index (χ4v) is 1.88. The van der Waals surface area contributed by atoms with Gasteiger partial charge in [0.05, 0.1) is 0 Å². The van der Waals surface area contributed by atoms with Gasteiger partial charge < -0.3 is 5.32 Å². The van der Waals surface area contributed by atoms with Gasteiger partial charge in [0.1, 0.15) is 0 Å². The van der Waals surface area contributed by atoms with Crippen LogP contribution in [0.1, 0.15) is 23.6 Å². The van der Waals surface area contributed by atoms with Crippen molar-refractivity contribution in [3.8, 4) is 0 Å². The Kier molecular flexibility index (Phi) is 4.28. The maximum Gasteiger partial charge on any atom is 0.0303 e. The summed E-state index contributed by atoms with van der Waals surface area (Å²) in [6, 6.07) is 12.7. The van der Waals surface area contributed by atoms with Crippen molar-refractivity contribution >= 4 is 0 Å². The first-order valence-electron chi connectivity index (χ1n) is 6.06. The summed E-state index contributed by atoms with van der Waals surface area (Å²) >= 11 is 0. The zero-order valence-electron chi connectivity index (χ0n) is 10.2. The largest absolute Gasteiger partial charge is 0.313 e. The number of hydrogen-bond donors (Lipinski definition) is 1. The molecule has 0 saturated carbocycles. The van der Waals surface area contributed by atoms with E-state index in [-0.39, 0.29) is 0 Å². The van der Waals surface area contributed by atoms with Gasteiger partial charge in [0, 0.05) is 18.9 Å². The monoisotopic (exact) mass is 226 g/mol. The molecule has 0 aliphatic heterocycles. The molecule has 0 amide bonds. The van der Waals surface area contributed by atoms with Gasteiger partial charge in [-0.2, -0.15) is 0 Å². The summed E-state index contributed by atoms with van der Waals surface area (Å²) in [5, 5.41) is 3.38. The molecule has 1 heterocycles. The molecule has 1 aromatic carbocycles. The van der Waals surface area contributed by atoms with E-state index in [0.717, 1.165) is 19.5 Å². The molecule has 2 aromatic rings. The zero-order valence-corrected chi connectivity index (χ0v) is 10.2.